The molecule has 1 fully saturated rings. The molecule has 0 aromatic carbocycles. The fraction of sp³-hybridized carbons (Fsp3) is 0.800. The Kier molecular flexibility index (Phi) is 5.17. The Morgan fingerprint density at radius 1 is 1.53 bits per heavy atom. The highest BCUT2D eigenvalue weighted by atomic mass is 16.7. The highest BCUT2D eigenvalue weighted by Crippen LogP contribution is 2.17. The zero-order valence-electron chi connectivity index (χ0n) is 10.2. The van der Waals surface area contributed by atoms with Crippen molar-refractivity contribution < 1.29 is 19.5 Å². The van der Waals surface area contributed by atoms with Crippen molar-refractivity contribution in [2.45, 2.75) is 18.9 Å². The van der Waals surface area contributed by atoms with E-state index in [1.54, 1.807) is 4.90 Å². The van der Waals surface area contributed by atoms with Gasteiger partial charge in [-0.3, -0.25) is 4.84 Å². The number of carboxylic acids is 1. The van der Waals surface area contributed by atoms with E-state index in [4.69, 9.17) is 5.11 Å². The molecule has 1 heterocycles. The molecule has 1 atom stereocenters. The van der Waals surface area contributed by atoms with Crippen molar-refractivity contribution in [3.63, 3.8) is 0 Å². The van der Waals surface area contributed by atoms with Crippen LogP contribution in [-0.4, -0.2) is 66.7 Å². The molecule has 0 bridgehead atoms. The van der Waals surface area contributed by atoms with Gasteiger partial charge < -0.3 is 14.9 Å². The van der Waals surface area contributed by atoms with Gasteiger partial charge in [-0.15, -0.1) is 0 Å². The first-order valence-corrected chi connectivity index (χ1v) is 5.55. The number of amides is 2. The van der Waals surface area contributed by atoms with Crippen molar-refractivity contribution in [2.24, 2.45) is 0 Å². The molecule has 0 saturated carbocycles. The van der Waals surface area contributed by atoms with Crippen molar-refractivity contribution in [1.29, 1.82) is 0 Å². The summed E-state index contributed by atoms with van der Waals surface area (Å²) in [5, 5.41) is 8.37. The molecule has 17 heavy (non-hydrogen) atoms. The third-order valence-electron chi connectivity index (χ3n) is 2.57. The topological polar surface area (TPSA) is 82.1 Å². The molecular formula is C10H19N3O4. The highest BCUT2D eigenvalue weighted by Gasteiger charge is 2.29. The zero-order chi connectivity index (χ0) is 12.8. The van der Waals surface area contributed by atoms with Crippen molar-refractivity contribution in [3.8, 4) is 0 Å². The van der Waals surface area contributed by atoms with Gasteiger partial charge in [0.25, 0.3) is 0 Å². The number of rotatable bonds is 5. The van der Waals surface area contributed by atoms with Crippen LogP contribution in [0.1, 0.15) is 12.8 Å². The minimum absolute atomic E-state index is 0.165. The van der Waals surface area contributed by atoms with E-state index in [-0.39, 0.29) is 12.1 Å². The Morgan fingerprint density at radius 2 is 2.24 bits per heavy atom. The number of likely N-dealkylation sites (N-methyl/N-ethyl adjacent to an activating group) is 1. The maximum atomic E-state index is 11.7. The number of nitrogens with one attached hydrogen (secondary N) is 1. The first-order valence-electron chi connectivity index (χ1n) is 5.55. The van der Waals surface area contributed by atoms with E-state index in [2.05, 4.69) is 10.3 Å². The van der Waals surface area contributed by atoms with E-state index >= 15 is 0 Å². The molecule has 1 rings (SSSR count). The summed E-state index contributed by atoms with van der Waals surface area (Å²) in [5.41, 5.74) is 2.15. The van der Waals surface area contributed by atoms with E-state index in [1.165, 1.54) is 0 Å². The van der Waals surface area contributed by atoms with Crippen LogP contribution < -0.4 is 5.48 Å². The van der Waals surface area contributed by atoms with Crippen LogP contribution in [0.5, 0.6) is 0 Å². The van der Waals surface area contributed by atoms with Crippen LogP contribution in [0.25, 0.3) is 0 Å². The summed E-state index contributed by atoms with van der Waals surface area (Å²) in [7, 11) is 3.91. The molecule has 7 nitrogen and oxygen atoms in total. The van der Waals surface area contributed by atoms with Crippen molar-refractivity contribution in [2.75, 3.05) is 33.8 Å². The van der Waals surface area contributed by atoms with Crippen LogP contribution in [0.3, 0.4) is 0 Å². The number of carbonyl (C=O) groups is 2. The summed E-state index contributed by atoms with van der Waals surface area (Å²) >= 11 is 0. The Labute approximate surface area is 100 Å². The van der Waals surface area contributed by atoms with Gasteiger partial charge in [-0.1, -0.05) is 0 Å². The Hall–Kier alpha value is -1.34. The first-order chi connectivity index (χ1) is 8.00. The van der Waals surface area contributed by atoms with Crippen LogP contribution in [0.2, 0.25) is 0 Å². The highest BCUT2D eigenvalue weighted by molar-refractivity contribution is 5.74. The molecule has 2 amide bonds. The standard InChI is InChI=1S/C10H19N3O4/c1-12(2)6-8-4-3-5-13(8)10(16)11-17-7-9(14)15/h8H,3-7H2,1-2H3,(H,11,16)(H,14,15). The fourth-order valence-electron chi connectivity index (χ4n) is 1.93. The van der Waals surface area contributed by atoms with Gasteiger partial charge in [0.15, 0.2) is 6.61 Å². The summed E-state index contributed by atoms with van der Waals surface area (Å²) in [6.45, 7) is 0.949. The maximum absolute atomic E-state index is 11.7. The molecular weight excluding hydrogens is 226 g/mol. The smallest absolute Gasteiger partial charge is 0.341 e. The SMILES string of the molecule is CN(C)CC1CCCN1C(=O)NOCC(=O)O. The second-order valence-electron chi connectivity index (χ2n) is 4.34. The van der Waals surface area contributed by atoms with Crippen molar-refractivity contribution in [3.05, 3.63) is 0 Å². The summed E-state index contributed by atoms with van der Waals surface area (Å²) in [6, 6.07) is -0.200. The normalized spacial score (nSPS) is 19.7. The molecule has 1 unspecified atom stereocenters. The molecule has 1 saturated heterocycles. The average Bonchev–Trinajstić information content (AvgIpc) is 2.64. The van der Waals surface area contributed by atoms with Crippen LogP contribution in [0.15, 0.2) is 0 Å². The molecule has 0 aliphatic carbocycles. The van der Waals surface area contributed by atoms with Gasteiger partial charge in [-0.05, 0) is 26.9 Å². The summed E-state index contributed by atoms with van der Waals surface area (Å²) < 4.78 is 0. The number of carboxylic acid groups (broad SMARTS) is 1. The third kappa shape index (κ3) is 4.58. The Bertz CT molecular complexity index is 283. The summed E-state index contributed by atoms with van der Waals surface area (Å²) in [6.07, 6.45) is 1.93. The molecule has 0 radical (unpaired) electrons. The van der Waals surface area contributed by atoms with Gasteiger partial charge in [0.2, 0.25) is 0 Å². The number of carbonyl (C=O) groups excluding carboxylic acids is 1. The van der Waals surface area contributed by atoms with E-state index in [1.807, 2.05) is 19.0 Å². The molecule has 7 heteroatoms. The molecule has 2 N–H and O–H groups in total. The minimum atomic E-state index is -1.11. The molecule has 98 valence electrons. The van der Waals surface area contributed by atoms with Gasteiger partial charge in [0.1, 0.15) is 0 Å². The quantitative estimate of drug-likeness (QED) is 0.652. The van der Waals surface area contributed by atoms with Crippen LogP contribution >= 0.6 is 0 Å². The predicted molar refractivity (Wildman–Crippen MR) is 60.4 cm³/mol. The number of nitrogens with zero attached hydrogens (tertiary/aromatic N) is 2. The zero-order valence-corrected chi connectivity index (χ0v) is 10.2. The lowest BCUT2D eigenvalue weighted by molar-refractivity contribution is -0.144. The third-order valence-corrected chi connectivity index (χ3v) is 2.57. The molecule has 1 aliphatic rings. The lowest BCUT2D eigenvalue weighted by Crippen LogP contribution is -2.46. The number of hydrogen-bond acceptors (Lipinski definition) is 4. The van der Waals surface area contributed by atoms with E-state index in [0.29, 0.717) is 6.54 Å². The summed E-state index contributed by atoms with van der Waals surface area (Å²) in [4.78, 5) is 30.2. The average molecular weight is 245 g/mol. The van der Waals surface area contributed by atoms with E-state index < -0.39 is 12.6 Å². The van der Waals surface area contributed by atoms with Gasteiger partial charge in [0.05, 0.1) is 0 Å². The number of aliphatic carboxylic acids is 1. The molecule has 1 aliphatic heterocycles. The molecule has 0 spiro atoms. The van der Waals surface area contributed by atoms with Crippen LogP contribution in [0, 0.1) is 0 Å². The van der Waals surface area contributed by atoms with Crippen LogP contribution in [0.4, 0.5) is 4.79 Å². The van der Waals surface area contributed by atoms with Gasteiger partial charge >= 0.3 is 12.0 Å². The number of hydrogen-bond donors (Lipinski definition) is 2. The second kappa shape index (κ2) is 6.41. The van der Waals surface area contributed by atoms with Crippen molar-refractivity contribution in [1.82, 2.24) is 15.3 Å². The first kappa shape index (κ1) is 13.7. The monoisotopic (exact) mass is 245 g/mol. The van der Waals surface area contributed by atoms with Gasteiger partial charge in [-0.2, -0.15) is 0 Å². The minimum Gasteiger partial charge on any atom is -0.479 e. The molecule has 0 aromatic rings. The number of urea groups is 1. The largest absolute Gasteiger partial charge is 0.479 e. The van der Waals surface area contributed by atoms with E-state index in [0.717, 1.165) is 19.4 Å². The van der Waals surface area contributed by atoms with Crippen LogP contribution in [-0.2, 0) is 9.63 Å². The number of likely N-dealkylation sites (tertiary alicyclic amines) is 1. The van der Waals surface area contributed by atoms with Gasteiger partial charge in [-0.25, -0.2) is 15.1 Å². The summed E-state index contributed by atoms with van der Waals surface area (Å²) in [5.74, 6) is -1.11. The second-order valence-corrected chi connectivity index (χ2v) is 4.34. The Morgan fingerprint density at radius 3 is 2.82 bits per heavy atom. The van der Waals surface area contributed by atoms with Gasteiger partial charge in [0, 0.05) is 19.1 Å². The lowest BCUT2D eigenvalue weighted by Gasteiger charge is -2.26. The predicted octanol–water partition coefficient (Wildman–Crippen LogP) is -0.262. The fourth-order valence-corrected chi connectivity index (χ4v) is 1.93. The Balaban J connectivity index is 2.36. The maximum Gasteiger partial charge on any atom is 0.341 e. The molecule has 0 aromatic heterocycles. The van der Waals surface area contributed by atoms with E-state index in [9.17, 15) is 9.59 Å². The van der Waals surface area contributed by atoms with Crippen molar-refractivity contribution >= 4 is 12.0 Å². The number of hydroxylamine groups is 1. The lowest BCUT2D eigenvalue weighted by atomic mass is 10.2.